The summed E-state index contributed by atoms with van der Waals surface area (Å²) < 4.78 is 16.3. The van der Waals surface area contributed by atoms with Gasteiger partial charge in [0.05, 0.1) is 22.9 Å². The minimum absolute atomic E-state index is 0.178. The number of thiophene rings is 1. The van der Waals surface area contributed by atoms with E-state index in [9.17, 15) is 9.59 Å². The van der Waals surface area contributed by atoms with Crippen LogP contribution in [-0.2, 0) is 16.0 Å². The maximum absolute atomic E-state index is 11.9. The van der Waals surface area contributed by atoms with Gasteiger partial charge in [0.15, 0.2) is 6.61 Å². The molecule has 0 atom stereocenters. The molecule has 0 N–H and O–H groups in total. The highest BCUT2D eigenvalue weighted by molar-refractivity contribution is 9.11. The van der Waals surface area contributed by atoms with Crippen molar-refractivity contribution in [2.45, 2.75) is 12.8 Å². The highest BCUT2D eigenvalue weighted by Gasteiger charge is 2.12. The highest BCUT2D eigenvalue weighted by Crippen LogP contribution is 2.24. The van der Waals surface area contributed by atoms with Crippen LogP contribution in [0.25, 0.3) is 0 Å². The number of ether oxygens (including phenoxy) is 3. The number of Topliss-reactive ketones (excluding diaryl/α,β-unsaturated/α-hetero) is 1. The quantitative estimate of drug-likeness (QED) is 0.486. The molecule has 7 heteroatoms. The second kappa shape index (κ2) is 8.84. The van der Waals surface area contributed by atoms with Crippen molar-refractivity contribution in [2.75, 3.05) is 20.8 Å². The number of rotatable bonds is 8. The fourth-order valence-corrected chi connectivity index (χ4v) is 3.32. The average molecular weight is 413 g/mol. The third kappa shape index (κ3) is 5.35. The normalized spacial score (nSPS) is 10.3. The van der Waals surface area contributed by atoms with Crippen molar-refractivity contribution in [3.05, 3.63) is 44.6 Å². The van der Waals surface area contributed by atoms with E-state index in [1.165, 1.54) is 11.3 Å². The van der Waals surface area contributed by atoms with Crippen LogP contribution in [0.1, 0.15) is 21.7 Å². The lowest BCUT2D eigenvalue weighted by atomic mass is 10.1. The van der Waals surface area contributed by atoms with Gasteiger partial charge in [-0.2, -0.15) is 0 Å². The zero-order chi connectivity index (χ0) is 17.5. The number of esters is 1. The maximum Gasteiger partial charge on any atom is 0.306 e. The van der Waals surface area contributed by atoms with Crippen molar-refractivity contribution in [3.8, 4) is 11.5 Å². The predicted molar refractivity (Wildman–Crippen MR) is 95.2 cm³/mol. The minimum atomic E-state index is -0.416. The maximum atomic E-state index is 11.9. The molecule has 5 nitrogen and oxygen atoms in total. The molecule has 0 aliphatic rings. The Morgan fingerprint density at radius 3 is 2.29 bits per heavy atom. The van der Waals surface area contributed by atoms with Crippen LogP contribution in [0.3, 0.4) is 0 Å². The van der Waals surface area contributed by atoms with Crippen LogP contribution < -0.4 is 9.47 Å². The van der Waals surface area contributed by atoms with Crippen LogP contribution in [0.2, 0.25) is 0 Å². The number of halogens is 1. The molecule has 2 rings (SSSR count). The number of hydrogen-bond donors (Lipinski definition) is 0. The van der Waals surface area contributed by atoms with Crippen LogP contribution in [0.15, 0.2) is 34.1 Å². The van der Waals surface area contributed by atoms with E-state index in [1.807, 2.05) is 12.1 Å². The van der Waals surface area contributed by atoms with Crippen molar-refractivity contribution in [2.24, 2.45) is 0 Å². The molecule has 1 aromatic heterocycles. The van der Waals surface area contributed by atoms with E-state index in [0.29, 0.717) is 22.8 Å². The number of aryl methyl sites for hydroxylation is 1. The lowest BCUT2D eigenvalue weighted by Crippen LogP contribution is -2.13. The Bertz CT molecular complexity index is 703. The third-order valence-electron chi connectivity index (χ3n) is 3.24. The summed E-state index contributed by atoms with van der Waals surface area (Å²) in [5.41, 5.74) is 0.900. The zero-order valence-corrected chi connectivity index (χ0v) is 15.7. The van der Waals surface area contributed by atoms with Gasteiger partial charge in [0.2, 0.25) is 5.78 Å². The monoisotopic (exact) mass is 412 g/mol. The second-order valence-electron chi connectivity index (χ2n) is 4.91. The Hall–Kier alpha value is -1.86. The van der Waals surface area contributed by atoms with Crippen molar-refractivity contribution in [1.82, 2.24) is 0 Å². The van der Waals surface area contributed by atoms with E-state index in [1.54, 1.807) is 32.4 Å². The Balaban J connectivity index is 1.84. The van der Waals surface area contributed by atoms with E-state index in [0.717, 1.165) is 9.35 Å². The van der Waals surface area contributed by atoms with E-state index >= 15 is 0 Å². The summed E-state index contributed by atoms with van der Waals surface area (Å²) in [7, 11) is 3.14. The van der Waals surface area contributed by atoms with Gasteiger partial charge in [-0.3, -0.25) is 9.59 Å². The Labute approximate surface area is 152 Å². The van der Waals surface area contributed by atoms with Gasteiger partial charge in [-0.15, -0.1) is 11.3 Å². The predicted octanol–water partition coefficient (Wildman–Crippen LogP) is 3.89. The summed E-state index contributed by atoms with van der Waals surface area (Å²) in [5.74, 6) is 0.704. The zero-order valence-electron chi connectivity index (χ0n) is 13.3. The van der Waals surface area contributed by atoms with Crippen LogP contribution in [0, 0.1) is 0 Å². The largest absolute Gasteiger partial charge is 0.497 e. The van der Waals surface area contributed by atoms with Gasteiger partial charge in [-0.25, -0.2) is 0 Å². The lowest BCUT2D eigenvalue weighted by molar-refractivity contribution is -0.142. The van der Waals surface area contributed by atoms with Gasteiger partial charge in [-0.05, 0) is 52.2 Å². The Kier molecular flexibility index (Phi) is 6.81. The van der Waals surface area contributed by atoms with Crippen molar-refractivity contribution in [3.63, 3.8) is 0 Å². The highest BCUT2D eigenvalue weighted by atomic mass is 79.9. The molecule has 0 radical (unpaired) electrons. The standard InChI is InChI=1S/C17H17BrO5S/c1-21-12-7-11(8-13(9-12)22-2)3-6-17(20)23-10-14(19)15-4-5-16(18)24-15/h4-5,7-9H,3,6,10H2,1-2H3. The molecule has 0 aliphatic heterocycles. The molecular weight excluding hydrogens is 396 g/mol. The Morgan fingerprint density at radius 1 is 1.08 bits per heavy atom. The summed E-state index contributed by atoms with van der Waals surface area (Å²) in [4.78, 5) is 24.3. The summed E-state index contributed by atoms with van der Waals surface area (Å²) in [6, 6.07) is 8.93. The van der Waals surface area contributed by atoms with E-state index < -0.39 is 5.97 Å². The lowest BCUT2D eigenvalue weighted by Gasteiger charge is -2.08. The molecule has 0 aliphatic carbocycles. The number of hydrogen-bond acceptors (Lipinski definition) is 6. The average Bonchev–Trinajstić information content (AvgIpc) is 3.03. The molecule has 128 valence electrons. The first-order chi connectivity index (χ1) is 11.5. The first-order valence-corrected chi connectivity index (χ1v) is 8.79. The minimum Gasteiger partial charge on any atom is -0.497 e. The molecular formula is C17H17BrO5S. The molecule has 0 spiro atoms. The summed E-state index contributed by atoms with van der Waals surface area (Å²) in [5, 5.41) is 0. The van der Waals surface area contributed by atoms with Crippen LogP contribution >= 0.6 is 27.3 Å². The van der Waals surface area contributed by atoms with Gasteiger partial charge in [0, 0.05) is 12.5 Å². The first kappa shape index (κ1) is 18.5. The summed E-state index contributed by atoms with van der Waals surface area (Å²) in [6.07, 6.45) is 0.656. The fraction of sp³-hybridized carbons (Fsp3) is 0.294. The molecule has 0 amide bonds. The van der Waals surface area contributed by atoms with Crippen LogP contribution in [0.4, 0.5) is 0 Å². The number of carbonyl (C=O) groups excluding carboxylic acids is 2. The summed E-state index contributed by atoms with van der Waals surface area (Å²) in [6.45, 7) is -0.243. The number of benzene rings is 1. The van der Waals surface area contributed by atoms with Gasteiger partial charge in [0.1, 0.15) is 11.5 Å². The van der Waals surface area contributed by atoms with Crippen molar-refractivity contribution < 1.29 is 23.8 Å². The van der Waals surface area contributed by atoms with Gasteiger partial charge >= 0.3 is 5.97 Å². The molecule has 0 saturated heterocycles. The van der Waals surface area contributed by atoms with Crippen LogP contribution in [0.5, 0.6) is 11.5 Å². The van der Waals surface area contributed by atoms with E-state index in [-0.39, 0.29) is 18.8 Å². The second-order valence-corrected chi connectivity index (χ2v) is 7.37. The smallest absolute Gasteiger partial charge is 0.306 e. The Morgan fingerprint density at radius 2 is 1.75 bits per heavy atom. The molecule has 0 unspecified atom stereocenters. The molecule has 24 heavy (non-hydrogen) atoms. The molecule has 0 fully saturated rings. The molecule has 0 bridgehead atoms. The number of ketones is 1. The molecule has 2 aromatic rings. The van der Waals surface area contributed by atoms with Gasteiger partial charge in [0.25, 0.3) is 0 Å². The number of methoxy groups -OCH3 is 2. The molecule has 0 saturated carbocycles. The van der Waals surface area contributed by atoms with Crippen molar-refractivity contribution in [1.29, 1.82) is 0 Å². The molecule has 1 aromatic carbocycles. The van der Waals surface area contributed by atoms with E-state index in [4.69, 9.17) is 14.2 Å². The number of carbonyl (C=O) groups is 2. The third-order valence-corrected chi connectivity index (χ3v) is 4.91. The molecule has 1 heterocycles. The summed E-state index contributed by atoms with van der Waals surface area (Å²) >= 11 is 4.61. The van der Waals surface area contributed by atoms with Crippen molar-refractivity contribution >= 4 is 39.0 Å². The fourth-order valence-electron chi connectivity index (χ4n) is 2.01. The van der Waals surface area contributed by atoms with Gasteiger partial charge < -0.3 is 14.2 Å². The SMILES string of the molecule is COc1cc(CCC(=O)OCC(=O)c2ccc(Br)s2)cc(OC)c1. The van der Waals surface area contributed by atoms with Crippen LogP contribution in [-0.4, -0.2) is 32.6 Å². The first-order valence-electron chi connectivity index (χ1n) is 7.18. The van der Waals surface area contributed by atoms with Gasteiger partial charge in [-0.1, -0.05) is 0 Å². The topological polar surface area (TPSA) is 61.8 Å². The van der Waals surface area contributed by atoms with E-state index in [2.05, 4.69) is 15.9 Å².